The standard InChI is InChI=1S/C29H28N4O4/c1-16-6-9-21(12-17(16)2)33-29(35)23-15-30-24-10-7-20(13-22(24)27(23)32-33)28(34)31-18(3)19-8-11-25(36-4)26(14-19)37-5/h6-15,18,32H,1-5H3,(H,31,34)/t18-/m0/s1. The van der Waals surface area contributed by atoms with Crippen molar-refractivity contribution in [3.8, 4) is 17.2 Å². The highest BCUT2D eigenvalue weighted by Gasteiger charge is 2.17. The van der Waals surface area contributed by atoms with Gasteiger partial charge in [0.15, 0.2) is 11.5 Å². The van der Waals surface area contributed by atoms with Crippen LogP contribution in [0.15, 0.2) is 65.6 Å². The van der Waals surface area contributed by atoms with E-state index in [2.05, 4.69) is 15.4 Å². The third-order valence-electron chi connectivity index (χ3n) is 6.79. The second-order valence-electron chi connectivity index (χ2n) is 9.11. The average molecular weight is 497 g/mol. The zero-order valence-electron chi connectivity index (χ0n) is 21.4. The molecule has 1 atom stereocenters. The molecule has 3 aromatic carbocycles. The molecular weight excluding hydrogens is 468 g/mol. The van der Waals surface area contributed by atoms with Gasteiger partial charge in [0.1, 0.15) is 0 Å². The van der Waals surface area contributed by atoms with Crippen LogP contribution in [-0.4, -0.2) is 34.9 Å². The molecule has 1 amide bonds. The number of rotatable bonds is 6. The highest BCUT2D eigenvalue weighted by atomic mass is 16.5. The van der Waals surface area contributed by atoms with Gasteiger partial charge >= 0.3 is 0 Å². The Kier molecular flexibility index (Phi) is 6.17. The fourth-order valence-electron chi connectivity index (χ4n) is 4.43. The summed E-state index contributed by atoms with van der Waals surface area (Å²) in [5.74, 6) is 0.979. The fraction of sp³-hybridized carbons (Fsp3) is 0.207. The maximum atomic E-state index is 13.2. The van der Waals surface area contributed by atoms with Crippen LogP contribution in [0.25, 0.3) is 27.5 Å². The van der Waals surface area contributed by atoms with Crippen LogP contribution in [0.5, 0.6) is 11.5 Å². The molecule has 0 fully saturated rings. The fourth-order valence-corrected chi connectivity index (χ4v) is 4.43. The predicted octanol–water partition coefficient (Wildman–Crippen LogP) is 4.99. The molecule has 188 valence electrons. The number of aryl methyl sites for hydroxylation is 2. The lowest BCUT2D eigenvalue weighted by Crippen LogP contribution is -2.26. The summed E-state index contributed by atoms with van der Waals surface area (Å²) in [6.07, 6.45) is 1.58. The van der Waals surface area contributed by atoms with E-state index in [4.69, 9.17) is 9.47 Å². The minimum Gasteiger partial charge on any atom is -0.493 e. The summed E-state index contributed by atoms with van der Waals surface area (Å²) in [7, 11) is 3.16. The molecule has 0 bridgehead atoms. The Bertz CT molecular complexity index is 1720. The SMILES string of the molecule is COc1ccc([C@H](C)NC(=O)c2ccc3ncc4c(=O)n(-c5ccc(C)c(C)c5)[nH]c4c3c2)cc1OC. The van der Waals surface area contributed by atoms with Gasteiger partial charge in [-0.3, -0.25) is 19.7 Å². The van der Waals surface area contributed by atoms with Crippen molar-refractivity contribution in [2.75, 3.05) is 14.2 Å². The zero-order valence-corrected chi connectivity index (χ0v) is 21.4. The first-order valence-corrected chi connectivity index (χ1v) is 11.9. The van der Waals surface area contributed by atoms with Crippen molar-refractivity contribution in [3.05, 3.63) is 93.4 Å². The van der Waals surface area contributed by atoms with E-state index >= 15 is 0 Å². The molecule has 5 rings (SSSR count). The van der Waals surface area contributed by atoms with E-state index in [0.717, 1.165) is 22.4 Å². The van der Waals surface area contributed by atoms with Crippen LogP contribution in [0.4, 0.5) is 0 Å². The van der Waals surface area contributed by atoms with Crippen molar-refractivity contribution in [2.45, 2.75) is 26.8 Å². The molecule has 0 aliphatic carbocycles. The summed E-state index contributed by atoms with van der Waals surface area (Å²) in [4.78, 5) is 30.8. The zero-order chi connectivity index (χ0) is 26.3. The van der Waals surface area contributed by atoms with Gasteiger partial charge in [0.2, 0.25) is 0 Å². The molecular formula is C29H28N4O4. The van der Waals surface area contributed by atoms with Gasteiger partial charge in [0.25, 0.3) is 11.5 Å². The number of carbonyl (C=O) groups is 1. The minimum atomic E-state index is -0.275. The van der Waals surface area contributed by atoms with Gasteiger partial charge in [0, 0.05) is 17.1 Å². The van der Waals surface area contributed by atoms with Crippen LogP contribution in [0.2, 0.25) is 0 Å². The molecule has 8 heteroatoms. The lowest BCUT2D eigenvalue weighted by molar-refractivity contribution is 0.0940. The molecule has 2 heterocycles. The number of aromatic amines is 1. The van der Waals surface area contributed by atoms with E-state index in [1.165, 1.54) is 4.68 Å². The van der Waals surface area contributed by atoms with Crippen molar-refractivity contribution in [1.29, 1.82) is 0 Å². The quantitative estimate of drug-likeness (QED) is 0.345. The van der Waals surface area contributed by atoms with E-state index in [1.54, 1.807) is 38.6 Å². The highest BCUT2D eigenvalue weighted by molar-refractivity contribution is 6.06. The normalized spacial score (nSPS) is 12.0. The smallest absolute Gasteiger partial charge is 0.280 e. The van der Waals surface area contributed by atoms with Crippen LogP contribution >= 0.6 is 0 Å². The van der Waals surface area contributed by atoms with Gasteiger partial charge < -0.3 is 14.8 Å². The Morgan fingerprint density at radius 3 is 2.46 bits per heavy atom. The van der Waals surface area contributed by atoms with Crippen molar-refractivity contribution in [1.82, 2.24) is 20.1 Å². The number of benzene rings is 3. The van der Waals surface area contributed by atoms with Crippen molar-refractivity contribution < 1.29 is 14.3 Å². The maximum absolute atomic E-state index is 13.2. The van der Waals surface area contributed by atoms with Gasteiger partial charge in [0.05, 0.1) is 42.4 Å². The van der Waals surface area contributed by atoms with Crippen LogP contribution < -0.4 is 20.3 Å². The topological polar surface area (TPSA) is 98.2 Å². The average Bonchev–Trinajstić information content (AvgIpc) is 3.26. The molecule has 0 spiro atoms. The number of hydrogen-bond donors (Lipinski definition) is 2. The Morgan fingerprint density at radius 2 is 1.73 bits per heavy atom. The molecule has 5 aromatic rings. The Morgan fingerprint density at radius 1 is 0.946 bits per heavy atom. The predicted molar refractivity (Wildman–Crippen MR) is 144 cm³/mol. The summed E-state index contributed by atoms with van der Waals surface area (Å²) in [6.45, 7) is 5.95. The van der Waals surface area contributed by atoms with Crippen molar-refractivity contribution >= 4 is 27.7 Å². The molecule has 0 saturated carbocycles. The van der Waals surface area contributed by atoms with E-state index < -0.39 is 0 Å². The van der Waals surface area contributed by atoms with Crippen LogP contribution in [0.3, 0.4) is 0 Å². The number of methoxy groups -OCH3 is 2. The molecule has 0 radical (unpaired) electrons. The Hall–Kier alpha value is -4.59. The number of H-pyrrole nitrogens is 1. The van der Waals surface area contributed by atoms with Crippen molar-refractivity contribution in [3.63, 3.8) is 0 Å². The third kappa shape index (κ3) is 4.31. The first-order valence-electron chi connectivity index (χ1n) is 11.9. The van der Waals surface area contributed by atoms with Gasteiger partial charge in [-0.2, -0.15) is 0 Å². The Balaban J connectivity index is 1.50. The first kappa shape index (κ1) is 24.1. The second kappa shape index (κ2) is 9.46. The van der Waals surface area contributed by atoms with Gasteiger partial charge in [-0.15, -0.1) is 0 Å². The molecule has 0 saturated heterocycles. The number of nitrogens with zero attached hydrogens (tertiary/aromatic N) is 2. The van der Waals surface area contributed by atoms with Crippen LogP contribution in [-0.2, 0) is 0 Å². The summed E-state index contributed by atoms with van der Waals surface area (Å²) in [6, 6.07) is 16.4. The summed E-state index contributed by atoms with van der Waals surface area (Å²) < 4.78 is 12.2. The summed E-state index contributed by atoms with van der Waals surface area (Å²) in [5.41, 5.74) is 5.46. The molecule has 0 aliphatic heterocycles. The monoisotopic (exact) mass is 496 g/mol. The van der Waals surface area contributed by atoms with Gasteiger partial charge in [-0.25, -0.2) is 4.68 Å². The number of pyridine rings is 1. The first-order chi connectivity index (χ1) is 17.8. The number of fused-ring (bicyclic) bond motifs is 3. The molecule has 8 nitrogen and oxygen atoms in total. The lowest BCUT2D eigenvalue weighted by atomic mass is 10.1. The molecule has 37 heavy (non-hydrogen) atoms. The highest BCUT2D eigenvalue weighted by Crippen LogP contribution is 2.30. The maximum Gasteiger partial charge on any atom is 0.280 e. The number of amides is 1. The molecule has 0 unspecified atom stereocenters. The van der Waals surface area contributed by atoms with Crippen molar-refractivity contribution in [2.24, 2.45) is 0 Å². The largest absolute Gasteiger partial charge is 0.493 e. The minimum absolute atomic E-state index is 0.190. The van der Waals surface area contributed by atoms with E-state index in [9.17, 15) is 9.59 Å². The Labute approximate surface area is 213 Å². The number of ether oxygens (including phenoxy) is 2. The molecule has 0 aliphatic rings. The number of aromatic nitrogens is 3. The van der Waals surface area contributed by atoms with Gasteiger partial charge in [-0.05, 0) is 79.9 Å². The van der Waals surface area contributed by atoms with Crippen LogP contribution in [0.1, 0.15) is 40.0 Å². The lowest BCUT2D eigenvalue weighted by Gasteiger charge is -2.17. The second-order valence-corrected chi connectivity index (χ2v) is 9.11. The van der Waals surface area contributed by atoms with Crippen LogP contribution in [0, 0.1) is 13.8 Å². The van der Waals surface area contributed by atoms with E-state index in [1.807, 2.05) is 57.2 Å². The summed E-state index contributed by atoms with van der Waals surface area (Å²) in [5, 5.41) is 7.43. The number of nitrogens with one attached hydrogen (secondary N) is 2. The van der Waals surface area contributed by atoms with E-state index in [-0.39, 0.29) is 17.5 Å². The number of carbonyl (C=O) groups excluding carboxylic acids is 1. The van der Waals surface area contributed by atoms with Gasteiger partial charge in [-0.1, -0.05) is 12.1 Å². The third-order valence-corrected chi connectivity index (χ3v) is 6.79. The van der Waals surface area contributed by atoms with E-state index in [0.29, 0.717) is 38.9 Å². The summed E-state index contributed by atoms with van der Waals surface area (Å²) >= 11 is 0. The number of hydrogen-bond acceptors (Lipinski definition) is 5. The molecule has 2 N–H and O–H groups in total. The molecule has 2 aromatic heterocycles.